The molecule has 0 atom stereocenters. The molecule has 0 aromatic heterocycles. The van der Waals surface area contributed by atoms with Crippen LogP contribution in [0.15, 0.2) is 0 Å². The Balaban J connectivity index is 1.99. The van der Waals surface area contributed by atoms with E-state index in [0.29, 0.717) is 5.41 Å². The van der Waals surface area contributed by atoms with Crippen molar-refractivity contribution in [3.05, 3.63) is 0 Å². The minimum absolute atomic E-state index is 0.266. The van der Waals surface area contributed by atoms with Gasteiger partial charge >= 0.3 is 0 Å². The summed E-state index contributed by atoms with van der Waals surface area (Å²) in [6, 6.07) is 0. The first-order chi connectivity index (χ1) is 6.31. The van der Waals surface area contributed by atoms with Crippen molar-refractivity contribution >= 4 is 5.91 Å². The van der Waals surface area contributed by atoms with Crippen LogP contribution >= 0.6 is 0 Å². The molecule has 1 saturated carbocycles. The van der Waals surface area contributed by atoms with E-state index in [1.807, 2.05) is 0 Å². The molecule has 1 heterocycles. The van der Waals surface area contributed by atoms with E-state index in [1.54, 1.807) is 0 Å². The monoisotopic (exact) mass is 181 g/mol. The van der Waals surface area contributed by atoms with Crippen LogP contribution in [0.3, 0.4) is 0 Å². The van der Waals surface area contributed by atoms with E-state index >= 15 is 0 Å². The van der Waals surface area contributed by atoms with Crippen molar-refractivity contribution in [2.75, 3.05) is 6.54 Å². The number of hydrogen-bond donors (Lipinski definition) is 1. The van der Waals surface area contributed by atoms with Gasteiger partial charge in [0.1, 0.15) is 0 Å². The van der Waals surface area contributed by atoms with Crippen molar-refractivity contribution in [3.63, 3.8) is 0 Å². The van der Waals surface area contributed by atoms with Gasteiger partial charge < -0.3 is 5.32 Å². The van der Waals surface area contributed by atoms with Crippen LogP contribution in [0.1, 0.15) is 51.4 Å². The molecule has 2 aliphatic rings. The molecule has 2 nitrogen and oxygen atoms in total. The molecule has 1 spiro atoms. The van der Waals surface area contributed by atoms with Gasteiger partial charge in [0.2, 0.25) is 5.91 Å². The Kier molecular flexibility index (Phi) is 2.56. The van der Waals surface area contributed by atoms with Crippen molar-refractivity contribution in [2.45, 2.75) is 51.4 Å². The van der Waals surface area contributed by atoms with Crippen molar-refractivity contribution < 1.29 is 4.79 Å². The Hall–Kier alpha value is -0.530. The summed E-state index contributed by atoms with van der Waals surface area (Å²) < 4.78 is 0. The third-order valence-electron chi connectivity index (χ3n) is 3.77. The maximum atomic E-state index is 11.2. The third-order valence-corrected chi connectivity index (χ3v) is 3.77. The number of hydrogen-bond acceptors (Lipinski definition) is 1. The number of amides is 1. The molecule has 0 unspecified atom stereocenters. The SMILES string of the molecule is O=C1CCC2(CCCCC2)CCN1. The lowest BCUT2D eigenvalue weighted by atomic mass is 9.69. The van der Waals surface area contributed by atoms with Crippen LogP contribution in [0.4, 0.5) is 0 Å². The molecule has 2 fully saturated rings. The highest BCUT2D eigenvalue weighted by atomic mass is 16.1. The van der Waals surface area contributed by atoms with Crippen LogP contribution in [-0.4, -0.2) is 12.5 Å². The quantitative estimate of drug-likeness (QED) is 0.610. The molecule has 1 aliphatic carbocycles. The Morgan fingerprint density at radius 3 is 2.54 bits per heavy atom. The van der Waals surface area contributed by atoms with Crippen molar-refractivity contribution in [2.24, 2.45) is 5.41 Å². The zero-order chi connectivity index (χ0) is 9.15. The van der Waals surface area contributed by atoms with Crippen LogP contribution in [0.2, 0.25) is 0 Å². The molecule has 0 aromatic rings. The molecule has 1 amide bonds. The lowest BCUT2D eigenvalue weighted by molar-refractivity contribution is -0.120. The van der Waals surface area contributed by atoms with Crippen LogP contribution < -0.4 is 5.32 Å². The molecule has 1 aliphatic heterocycles. The summed E-state index contributed by atoms with van der Waals surface area (Å²) in [7, 11) is 0. The Morgan fingerprint density at radius 2 is 1.77 bits per heavy atom. The van der Waals surface area contributed by atoms with Gasteiger partial charge in [-0.1, -0.05) is 19.3 Å². The van der Waals surface area contributed by atoms with E-state index in [9.17, 15) is 4.79 Å². The second kappa shape index (κ2) is 3.69. The molecule has 2 heteroatoms. The lowest BCUT2D eigenvalue weighted by Crippen LogP contribution is -2.25. The van der Waals surface area contributed by atoms with Gasteiger partial charge in [-0.15, -0.1) is 0 Å². The Morgan fingerprint density at radius 1 is 1.00 bits per heavy atom. The molecule has 2 rings (SSSR count). The number of carbonyl (C=O) groups excluding carboxylic acids is 1. The largest absolute Gasteiger partial charge is 0.356 e. The minimum atomic E-state index is 0.266. The second-order valence-electron chi connectivity index (χ2n) is 4.66. The zero-order valence-electron chi connectivity index (χ0n) is 8.27. The molecule has 0 bridgehead atoms. The molecule has 1 N–H and O–H groups in total. The van der Waals surface area contributed by atoms with Gasteiger partial charge in [0, 0.05) is 13.0 Å². The van der Waals surface area contributed by atoms with Crippen molar-refractivity contribution in [1.29, 1.82) is 0 Å². The van der Waals surface area contributed by atoms with E-state index in [4.69, 9.17) is 0 Å². The summed E-state index contributed by atoms with van der Waals surface area (Å²) in [5.41, 5.74) is 0.539. The minimum Gasteiger partial charge on any atom is -0.356 e. The van der Waals surface area contributed by atoms with E-state index in [-0.39, 0.29) is 5.91 Å². The molecule has 74 valence electrons. The summed E-state index contributed by atoms with van der Waals surface area (Å²) >= 11 is 0. The smallest absolute Gasteiger partial charge is 0.220 e. The van der Waals surface area contributed by atoms with E-state index in [0.717, 1.165) is 19.4 Å². The van der Waals surface area contributed by atoms with Crippen LogP contribution in [0, 0.1) is 5.41 Å². The van der Waals surface area contributed by atoms with Gasteiger partial charge in [-0.25, -0.2) is 0 Å². The third kappa shape index (κ3) is 2.04. The van der Waals surface area contributed by atoms with Crippen molar-refractivity contribution in [3.8, 4) is 0 Å². The predicted octanol–water partition coefficient (Wildman–Crippen LogP) is 2.24. The highest BCUT2D eigenvalue weighted by Crippen LogP contribution is 2.43. The maximum absolute atomic E-state index is 11.2. The summed E-state index contributed by atoms with van der Waals surface area (Å²) in [4.78, 5) is 11.2. The highest BCUT2D eigenvalue weighted by Gasteiger charge is 2.33. The molecule has 13 heavy (non-hydrogen) atoms. The Bertz CT molecular complexity index is 194. The van der Waals surface area contributed by atoms with Gasteiger partial charge in [0.25, 0.3) is 0 Å². The summed E-state index contributed by atoms with van der Waals surface area (Å²) in [5.74, 6) is 0.266. The van der Waals surface area contributed by atoms with E-state index in [1.165, 1.54) is 38.5 Å². The first-order valence-electron chi connectivity index (χ1n) is 5.58. The fourth-order valence-corrected chi connectivity index (χ4v) is 2.86. The highest BCUT2D eigenvalue weighted by molar-refractivity contribution is 5.76. The summed E-state index contributed by atoms with van der Waals surface area (Å²) in [6.07, 6.45) is 10.0. The van der Waals surface area contributed by atoms with Gasteiger partial charge in [-0.3, -0.25) is 4.79 Å². The summed E-state index contributed by atoms with van der Waals surface area (Å²) in [6.45, 7) is 0.916. The average molecular weight is 181 g/mol. The fraction of sp³-hybridized carbons (Fsp3) is 0.909. The van der Waals surface area contributed by atoms with Gasteiger partial charge in [-0.2, -0.15) is 0 Å². The molecular formula is C11H19NO. The van der Waals surface area contributed by atoms with Crippen molar-refractivity contribution in [1.82, 2.24) is 5.32 Å². The second-order valence-corrected chi connectivity index (χ2v) is 4.66. The number of rotatable bonds is 0. The average Bonchev–Trinajstić information content (AvgIpc) is 2.32. The van der Waals surface area contributed by atoms with Crippen LogP contribution in [-0.2, 0) is 4.79 Å². The predicted molar refractivity (Wildman–Crippen MR) is 52.4 cm³/mol. The standard InChI is InChI=1S/C11H19NO/c13-10-4-7-11(8-9-12-10)5-2-1-3-6-11/h1-9H2,(H,12,13). The first-order valence-corrected chi connectivity index (χ1v) is 5.58. The Labute approximate surface area is 80.1 Å². The lowest BCUT2D eigenvalue weighted by Gasteiger charge is -2.36. The van der Waals surface area contributed by atoms with E-state index in [2.05, 4.69) is 5.32 Å². The summed E-state index contributed by atoms with van der Waals surface area (Å²) in [5, 5.41) is 2.98. The maximum Gasteiger partial charge on any atom is 0.220 e. The molecule has 0 aromatic carbocycles. The van der Waals surface area contributed by atoms with Gasteiger partial charge in [0.15, 0.2) is 0 Å². The van der Waals surface area contributed by atoms with Crippen LogP contribution in [0.5, 0.6) is 0 Å². The zero-order valence-corrected chi connectivity index (χ0v) is 8.27. The first kappa shape index (κ1) is 9.04. The fourth-order valence-electron chi connectivity index (χ4n) is 2.86. The number of carbonyl (C=O) groups is 1. The van der Waals surface area contributed by atoms with E-state index < -0.39 is 0 Å². The molecular weight excluding hydrogens is 162 g/mol. The topological polar surface area (TPSA) is 29.1 Å². The number of nitrogens with one attached hydrogen (secondary N) is 1. The van der Waals surface area contributed by atoms with Gasteiger partial charge in [-0.05, 0) is 31.1 Å². The normalized spacial score (nSPS) is 28.2. The van der Waals surface area contributed by atoms with Gasteiger partial charge in [0.05, 0.1) is 0 Å². The molecule has 1 saturated heterocycles. The van der Waals surface area contributed by atoms with Crippen LogP contribution in [0.25, 0.3) is 0 Å². The molecule has 0 radical (unpaired) electrons.